The third kappa shape index (κ3) is 2640. The average Bonchev–Trinajstić information content (AvgIpc) is 1.19. The molecular weight excluding hydrogens is 188 g/mol. The molecular formula is C2H9NNaO6P. The van der Waals surface area contributed by atoms with Gasteiger partial charge in [-0.25, -0.2) is 0 Å². The molecule has 9 heteroatoms. The molecule has 0 atom stereocenters. The Kier molecular flexibility index (Phi) is 21.6. The van der Waals surface area contributed by atoms with Gasteiger partial charge in [-0.2, -0.15) is 0 Å². The summed E-state index contributed by atoms with van der Waals surface area (Å²) in [6, 6.07) is 0. The predicted octanol–water partition coefficient (Wildman–Crippen LogP) is -4.72. The second kappa shape index (κ2) is 10.5. The minimum atomic E-state index is -5.14. The summed E-state index contributed by atoms with van der Waals surface area (Å²) in [7, 11) is -5.14. The molecule has 0 radical (unpaired) electrons. The fourth-order valence-corrected chi connectivity index (χ4v) is 0. The van der Waals surface area contributed by atoms with Crippen molar-refractivity contribution in [2.24, 2.45) is 0 Å². The molecule has 0 aliphatic carbocycles. The van der Waals surface area contributed by atoms with Crippen molar-refractivity contribution >= 4 is 13.8 Å². The van der Waals surface area contributed by atoms with Crippen molar-refractivity contribution in [3.8, 4) is 0 Å². The van der Waals surface area contributed by atoms with E-state index in [0.29, 0.717) is 0 Å². The fourth-order valence-electron chi connectivity index (χ4n) is 0. The maximum absolute atomic E-state index is 9.00. The monoisotopic (exact) mass is 197 g/mol. The largest absolute Gasteiger partial charge is 1.00 e. The number of hydrogen-bond donors (Lipinski definition) is 3. The van der Waals surface area contributed by atoms with Crippen LogP contribution in [0.5, 0.6) is 0 Å². The number of carbonyl (C=O) groups is 1. The number of rotatable bonds is 0. The Labute approximate surface area is 85.5 Å². The molecule has 0 spiro atoms. The molecule has 0 fully saturated rings. The van der Waals surface area contributed by atoms with Gasteiger partial charge in [0, 0.05) is 6.92 Å². The van der Waals surface area contributed by atoms with Crippen LogP contribution in [-0.2, 0) is 9.36 Å². The van der Waals surface area contributed by atoms with Gasteiger partial charge in [-0.3, -0.25) is 4.79 Å². The van der Waals surface area contributed by atoms with Crippen molar-refractivity contribution in [2.75, 3.05) is 0 Å². The minimum Gasteiger partial charge on any atom is -0.790 e. The first-order valence-electron chi connectivity index (χ1n) is 1.68. The van der Waals surface area contributed by atoms with Crippen molar-refractivity contribution in [3.05, 3.63) is 0 Å². The van der Waals surface area contributed by atoms with Crippen molar-refractivity contribution in [1.29, 1.82) is 0 Å². The van der Waals surface area contributed by atoms with E-state index in [-0.39, 0.29) is 35.7 Å². The summed E-state index contributed by atoms with van der Waals surface area (Å²) in [5.74, 6) is -0.833. The molecule has 0 aliphatic rings. The quantitative estimate of drug-likeness (QED) is 0.261. The smallest absolute Gasteiger partial charge is 0.790 e. The van der Waals surface area contributed by atoms with Gasteiger partial charge in [0.2, 0.25) is 0 Å². The zero-order valence-electron chi connectivity index (χ0n) is 6.47. The fraction of sp³-hybridized carbons (Fsp3) is 0.500. The molecule has 0 saturated carbocycles. The SMILES string of the molecule is CC(=O)O.O=P([O-])([O-])O.[NH4+].[Na+]. The van der Waals surface area contributed by atoms with Crippen molar-refractivity contribution < 1.29 is 58.7 Å². The Morgan fingerprint density at radius 2 is 1.45 bits per heavy atom. The first kappa shape index (κ1) is 22.5. The zero-order valence-corrected chi connectivity index (χ0v) is 9.37. The van der Waals surface area contributed by atoms with E-state index in [1.54, 1.807) is 0 Å². The summed E-state index contributed by atoms with van der Waals surface area (Å²) in [6.07, 6.45) is 0. The van der Waals surface area contributed by atoms with Gasteiger partial charge in [0.15, 0.2) is 0 Å². The number of carboxylic acid groups (broad SMARTS) is 1. The summed E-state index contributed by atoms with van der Waals surface area (Å²) in [5, 5.41) is 7.42. The molecule has 0 heterocycles. The topological polar surface area (TPSA) is 157 Å². The first-order chi connectivity index (χ1) is 3.73. The third-order valence-electron chi connectivity index (χ3n) is 0. The molecule has 0 aliphatic heterocycles. The Morgan fingerprint density at radius 1 is 1.45 bits per heavy atom. The summed E-state index contributed by atoms with van der Waals surface area (Å²) in [4.78, 5) is 33.3. The molecule has 0 bridgehead atoms. The Hall–Kier alpha value is 0.540. The van der Waals surface area contributed by atoms with E-state index in [4.69, 9.17) is 29.1 Å². The molecule has 0 aromatic rings. The standard InChI is InChI=1S/C2H4O2.H3N.Na.H3O4P/c1-2(3)4;;;1-5(2,3)4/h1H3,(H,3,4);1H3;;(H3,1,2,3,4)/q;;+1;/p-1. The van der Waals surface area contributed by atoms with Gasteiger partial charge >= 0.3 is 29.6 Å². The molecule has 0 aromatic carbocycles. The molecule has 11 heavy (non-hydrogen) atoms. The molecule has 0 aromatic heterocycles. The van der Waals surface area contributed by atoms with E-state index in [1.807, 2.05) is 0 Å². The number of quaternary nitrogens is 1. The Morgan fingerprint density at radius 3 is 1.45 bits per heavy atom. The van der Waals surface area contributed by atoms with E-state index in [2.05, 4.69) is 0 Å². The second-order valence-electron chi connectivity index (χ2n) is 0.988. The molecule has 0 rings (SSSR count). The van der Waals surface area contributed by atoms with Crippen molar-refractivity contribution in [3.63, 3.8) is 0 Å². The van der Waals surface area contributed by atoms with Gasteiger partial charge in [0.1, 0.15) is 0 Å². The van der Waals surface area contributed by atoms with Crippen LogP contribution in [0, 0.1) is 0 Å². The summed E-state index contributed by atoms with van der Waals surface area (Å²) < 4.78 is 8.66. The Balaban J connectivity index is -0.0000000383. The van der Waals surface area contributed by atoms with E-state index in [9.17, 15) is 0 Å². The van der Waals surface area contributed by atoms with Gasteiger partial charge in [-0.15, -0.1) is 0 Å². The molecule has 6 N–H and O–H groups in total. The van der Waals surface area contributed by atoms with Crippen LogP contribution in [0.2, 0.25) is 0 Å². The van der Waals surface area contributed by atoms with Gasteiger partial charge in [-0.05, 0) is 0 Å². The van der Waals surface area contributed by atoms with Crippen LogP contribution >= 0.6 is 7.82 Å². The van der Waals surface area contributed by atoms with E-state index in [1.165, 1.54) is 0 Å². The molecule has 0 unspecified atom stereocenters. The first-order valence-corrected chi connectivity index (χ1v) is 3.17. The molecule has 0 amide bonds. The zero-order chi connectivity index (χ0) is 8.08. The van der Waals surface area contributed by atoms with E-state index >= 15 is 0 Å². The van der Waals surface area contributed by atoms with Crippen molar-refractivity contribution in [1.82, 2.24) is 6.15 Å². The van der Waals surface area contributed by atoms with Crippen LogP contribution in [0.1, 0.15) is 6.92 Å². The normalized spacial score (nSPS) is 7.64. The van der Waals surface area contributed by atoms with Gasteiger partial charge in [-0.1, -0.05) is 0 Å². The third-order valence-corrected chi connectivity index (χ3v) is 0. The maximum atomic E-state index is 9.00. The number of hydrogen-bond acceptors (Lipinski definition) is 4. The van der Waals surface area contributed by atoms with Crippen LogP contribution in [0.15, 0.2) is 0 Å². The Bertz CT molecular complexity index is 120. The van der Waals surface area contributed by atoms with Crippen LogP contribution in [-0.4, -0.2) is 16.0 Å². The summed E-state index contributed by atoms with van der Waals surface area (Å²) >= 11 is 0. The van der Waals surface area contributed by atoms with Gasteiger partial charge in [0.25, 0.3) is 5.97 Å². The van der Waals surface area contributed by atoms with Crippen LogP contribution in [0.25, 0.3) is 0 Å². The van der Waals surface area contributed by atoms with E-state index in [0.717, 1.165) is 6.92 Å². The molecule has 64 valence electrons. The van der Waals surface area contributed by atoms with Crippen molar-refractivity contribution in [2.45, 2.75) is 6.92 Å². The van der Waals surface area contributed by atoms with Gasteiger partial charge in [0.05, 0.1) is 7.82 Å². The number of carboxylic acids is 1. The summed E-state index contributed by atoms with van der Waals surface area (Å²) in [6.45, 7) is 1.08. The van der Waals surface area contributed by atoms with Crippen LogP contribution in [0.4, 0.5) is 0 Å². The predicted molar refractivity (Wildman–Crippen MR) is 29.1 cm³/mol. The second-order valence-corrected chi connectivity index (χ2v) is 1.92. The summed E-state index contributed by atoms with van der Waals surface area (Å²) in [5.41, 5.74) is 0. The minimum absolute atomic E-state index is 0. The number of phosphoric acid groups is 1. The maximum Gasteiger partial charge on any atom is 1.00 e. The molecule has 7 nitrogen and oxygen atoms in total. The van der Waals surface area contributed by atoms with Gasteiger partial charge < -0.3 is 30.5 Å². The van der Waals surface area contributed by atoms with E-state index < -0.39 is 13.8 Å². The molecule has 0 saturated heterocycles. The van der Waals surface area contributed by atoms with Crippen LogP contribution < -0.4 is 45.5 Å². The van der Waals surface area contributed by atoms with Crippen LogP contribution in [0.3, 0.4) is 0 Å². The number of aliphatic carboxylic acids is 1. The average molecular weight is 197 g/mol.